The van der Waals surface area contributed by atoms with E-state index in [1.54, 1.807) is 0 Å². The number of hydrogen-bond acceptors (Lipinski definition) is 6. The summed E-state index contributed by atoms with van der Waals surface area (Å²) in [6.45, 7) is 6.62. The van der Waals surface area contributed by atoms with Crippen LogP contribution in [0.1, 0.15) is 117 Å². The zero-order chi connectivity index (χ0) is 25.8. The van der Waals surface area contributed by atoms with Gasteiger partial charge < -0.3 is 20.1 Å². The Kier molecular flexibility index (Phi) is 30.1. The highest BCUT2D eigenvalue weighted by Crippen LogP contribution is 2.18. The van der Waals surface area contributed by atoms with E-state index in [1.807, 2.05) is 0 Å². The highest BCUT2D eigenvalue weighted by Gasteiger charge is 2.06. The van der Waals surface area contributed by atoms with Crippen molar-refractivity contribution in [3.8, 4) is 0 Å². The number of aliphatic hydroxyl groups is 2. The molecule has 0 spiro atoms. The van der Waals surface area contributed by atoms with Crippen LogP contribution in [0, 0.1) is 5.92 Å². The van der Waals surface area contributed by atoms with Gasteiger partial charge in [0, 0.05) is 13.2 Å². The van der Waals surface area contributed by atoms with E-state index in [9.17, 15) is 13.0 Å². The first-order valence-corrected chi connectivity index (χ1v) is 15.0. The summed E-state index contributed by atoms with van der Waals surface area (Å²) in [4.78, 5) is 0. The van der Waals surface area contributed by atoms with Crippen LogP contribution < -0.4 is 5.32 Å². The molecule has 0 saturated carbocycles. The van der Waals surface area contributed by atoms with Crippen LogP contribution in [0.2, 0.25) is 0 Å². The van der Waals surface area contributed by atoms with Gasteiger partial charge in [-0.25, -0.2) is 8.42 Å². The van der Waals surface area contributed by atoms with E-state index in [-0.39, 0.29) is 19.8 Å². The predicted octanol–water partition coefficient (Wildman–Crippen LogP) is 4.45. The van der Waals surface area contributed by atoms with Crippen molar-refractivity contribution in [3.63, 3.8) is 0 Å². The fourth-order valence-corrected chi connectivity index (χ4v) is 4.15. The molecule has 0 aromatic heterocycles. The van der Waals surface area contributed by atoms with Crippen molar-refractivity contribution in [2.75, 3.05) is 32.9 Å². The van der Waals surface area contributed by atoms with Crippen molar-refractivity contribution >= 4 is 10.4 Å². The lowest BCUT2D eigenvalue weighted by Crippen LogP contribution is -2.83. The summed E-state index contributed by atoms with van der Waals surface area (Å²) >= 11 is 0. The molecule has 0 bridgehead atoms. The molecule has 7 nitrogen and oxygen atoms in total. The van der Waals surface area contributed by atoms with Gasteiger partial charge in [0.05, 0.1) is 19.7 Å². The van der Waals surface area contributed by atoms with Gasteiger partial charge in [0.15, 0.2) is 0 Å². The minimum absolute atomic E-state index is 0.0914. The Hall–Kier alpha value is -0.510. The second-order valence-corrected chi connectivity index (χ2v) is 9.97. The SMILES string of the molecule is CCOS(=O)(=O)[O-].CC[NH2+]CCCCCCCCC=CCCCCCCCC(CCO)CCO. The van der Waals surface area contributed by atoms with E-state index in [0.29, 0.717) is 5.92 Å². The molecule has 0 heterocycles. The largest absolute Gasteiger partial charge is 0.726 e. The van der Waals surface area contributed by atoms with Crippen molar-refractivity contribution < 1.29 is 32.7 Å². The molecule has 0 aromatic rings. The van der Waals surface area contributed by atoms with Gasteiger partial charge in [-0.1, -0.05) is 63.5 Å². The van der Waals surface area contributed by atoms with E-state index in [4.69, 9.17) is 10.2 Å². The molecule has 0 fully saturated rings. The highest BCUT2D eigenvalue weighted by atomic mass is 32.3. The molecule has 206 valence electrons. The summed E-state index contributed by atoms with van der Waals surface area (Å²) in [5.74, 6) is 0.516. The normalized spacial score (nSPS) is 11.8. The lowest BCUT2D eigenvalue weighted by Gasteiger charge is -2.13. The van der Waals surface area contributed by atoms with Crippen LogP contribution in [0.4, 0.5) is 0 Å². The Labute approximate surface area is 210 Å². The summed E-state index contributed by atoms with van der Waals surface area (Å²) in [7, 11) is -4.42. The van der Waals surface area contributed by atoms with Crippen molar-refractivity contribution in [1.82, 2.24) is 0 Å². The smallest absolute Gasteiger partial charge is 0.217 e. The number of quaternary nitrogens is 1. The zero-order valence-corrected chi connectivity index (χ0v) is 22.9. The summed E-state index contributed by atoms with van der Waals surface area (Å²) in [5, 5.41) is 20.5. The first-order valence-electron chi connectivity index (χ1n) is 13.7. The molecule has 0 aromatic carbocycles. The average Bonchev–Trinajstić information content (AvgIpc) is 2.78. The number of hydrogen-bond donors (Lipinski definition) is 3. The van der Waals surface area contributed by atoms with Crippen LogP contribution in [0.25, 0.3) is 0 Å². The zero-order valence-electron chi connectivity index (χ0n) is 22.1. The molecule has 0 unspecified atom stereocenters. The van der Waals surface area contributed by atoms with Gasteiger partial charge in [-0.15, -0.1) is 0 Å². The van der Waals surface area contributed by atoms with E-state index in [2.05, 4.69) is 28.6 Å². The molecule has 0 aliphatic rings. The lowest BCUT2D eigenvalue weighted by molar-refractivity contribution is -0.652. The monoisotopic (exact) mass is 509 g/mol. The second kappa shape index (κ2) is 28.7. The highest BCUT2D eigenvalue weighted by molar-refractivity contribution is 7.80. The molecule has 8 heteroatoms. The fraction of sp³-hybridized carbons (Fsp3) is 0.923. The predicted molar refractivity (Wildman–Crippen MR) is 139 cm³/mol. The molecule has 0 saturated heterocycles. The topological polar surface area (TPSA) is 124 Å². The van der Waals surface area contributed by atoms with Crippen molar-refractivity contribution in [2.24, 2.45) is 5.92 Å². The third kappa shape index (κ3) is 33.7. The number of allylic oxidation sites excluding steroid dienone is 2. The summed E-state index contributed by atoms with van der Waals surface area (Å²) in [6.07, 6.45) is 25.1. The molecule has 0 atom stereocenters. The van der Waals surface area contributed by atoms with Gasteiger partial charge in [0.1, 0.15) is 0 Å². The summed E-state index contributed by atoms with van der Waals surface area (Å²) in [5.41, 5.74) is 0. The van der Waals surface area contributed by atoms with Crippen molar-refractivity contribution in [1.29, 1.82) is 0 Å². The van der Waals surface area contributed by atoms with Crippen LogP contribution in [-0.4, -0.2) is 56.1 Å². The molecular weight excluding hydrogens is 454 g/mol. The van der Waals surface area contributed by atoms with E-state index < -0.39 is 10.4 Å². The van der Waals surface area contributed by atoms with Crippen molar-refractivity contribution in [2.45, 2.75) is 117 Å². The van der Waals surface area contributed by atoms with Crippen LogP contribution >= 0.6 is 0 Å². The molecule has 0 amide bonds. The van der Waals surface area contributed by atoms with E-state index in [0.717, 1.165) is 19.3 Å². The van der Waals surface area contributed by atoms with Gasteiger partial charge in [-0.05, 0) is 71.1 Å². The van der Waals surface area contributed by atoms with Gasteiger partial charge >= 0.3 is 0 Å². The maximum absolute atomic E-state index is 9.45. The second-order valence-electron chi connectivity index (χ2n) is 8.92. The van der Waals surface area contributed by atoms with Crippen LogP contribution in [0.5, 0.6) is 0 Å². The van der Waals surface area contributed by atoms with Gasteiger partial charge in [-0.2, -0.15) is 0 Å². The molecule has 34 heavy (non-hydrogen) atoms. The molecule has 0 rings (SSSR count). The minimum atomic E-state index is -4.42. The Morgan fingerprint density at radius 1 is 0.765 bits per heavy atom. The van der Waals surface area contributed by atoms with E-state index >= 15 is 0 Å². The maximum atomic E-state index is 9.45. The Balaban J connectivity index is 0. The quantitative estimate of drug-likeness (QED) is 0.0764. The van der Waals surface area contributed by atoms with Crippen LogP contribution in [0.15, 0.2) is 12.2 Å². The summed E-state index contributed by atoms with van der Waals surface area (Å²) in [6, 6.07) is 0. The third-order valence-corrected chi connectivity index (χ3v) is 6.33. The Morgan fingerprint density at radius 2 is 1.24 bits per heavy atom. The van der Waals surface area contributed by atoms with Crippen LogP contribution in [-0.2, 0) is 14.6 Å². The molecule has 4 N–H and O–H groups in total. The first-order chi connectivity index (χ1) is 16.4. The fourth-order valence-electron chi connectivity index (χ4n) is 3.87. The van der Waals surface area contributed by atoms with E-state index in [1.165, 1.54) is 103 Å². The number of unbranched alkanes of at least 4 members (excludes halogenated alkanes) is 11. The standard InChI is InChI=1S/C24H49NO2.C2H6O4S/c1-2-25-21-17-15-13-11-9-7-5-3-4-6-8-10-12-14-16-18-24(19-22-26)20-23-27;1-2-6-7(3,4)5/h3-4,24-27H,2,5-23H2,1H3;2H2,1H3,(H,3,4,5). The number of nitrogens with two attached hydrogens (primary N) is 1. The molecule has 0 aliphatic heterocycles. The maximum Gasteiger partial charge on any atom is 0.217 e. The van der Waals surface area contributed by atoms with Gasteiger partial charge in [0.25, 0.3) is 0 Å². The lowest BCUT2D eigenvalue weighted by atomic mass is 9.95. The van der Waals surface area contributed by atoms with Gasteiger partial charge in [-0.3, -0.25) is 4.18 Å². The Bertz CT molecular complexity index is 507. The summed E-state index contributed by atoms with van der Waals surface area (Å²) < 4.78 is 32.0. The first kappa shape index (κ1) is 35.7. The average molecular weight is 510 g/mol. The molecular formula is C26H55NO6S. The number of rotatable bonds is 24. The third-order valence-electron chi connectivity index (χ3n) is 5.80. The Morgan fingerprint density at radius 3 is 1.65 bits per heavy atom. The molecule has 0 aliphatic carbocycles. The molecule has 0 radical (unpaired) electrons. The van der Waals surface area contributed by atoms with Crippen LogP contribution in [0.3, 0.4) is 0 Å². The van der Waals surface area contributed by atoms with Gasteiger partial charge in [0.2, 0.25) is 10.4 Å². The minimum Gasteiger partial charge on any atom is -0.726 e. The van der Waals surface area contributed by atoms with Crippen molar-refractivity contribution in [3.05, 3.63) is 12.2 Å². The number of aliphatic hydroxyl groups excluding tert-OH is 2.